The molecule has 0 aromatic heterocycles. The second-order valence-electron chi connectivity index (χ2n) is 6.41. The average molecular weight is 409 g/mol. The molecule has 0 radical (unpaired) electrons. The quantitative estimate of drug-likeness (QED) is 0.617. The number of carbonyl (C=O) groups is 2. The van der Waals surface area contributed by atoms with E-state index in [1.165, 1.54) is 13.1 Å². The van der Waals surface area contributed by atoms with Crippen LogP contribution in [0.4, 0.5) is 5.69 Å². The van der Waals surface area contributed by atoms with Gasteiger partial charge in [-0.1, -0.05) is 54.1 Å². The van der Waals surface area contributed by atoms with Gasteiger partial charge in [0.1, 0.15) is 5.75 Å². The molecule has 0 fully saturated rings. The number of halogens is 1. The number of anilines is 1. The van der Waals surface area contributed by atoms with E-state index in [1.807, 2.05) is 54.6 Å². The van der Waals surface area contributed by atoms with Gasteiger partial charge in [0.15, 0.2) is 6.10 Å². The van der Waals surface area contributed by atoms with Crippen LogP contribution in [0.2, 0.25) is 5.02 Å². The van der Waals surface area contributed by atoms with E-state index in [0.29, 0.717) is 16.5 Å². The smallest absolute Gasteiger partial charge is 0.265 e. The Kier molecular flexibility index (Phi) is 6.52. The van der Waals surface area contributed by atoms with Crippen molar-refractivity contribution in [2.75, 3.05) is 12.4 Å². The third-order valence-corrected chi connectivity index (χ3v) is 4.68. The zero-order valence-corrected chi connectivity index (χ0v) is 16.9. The van der Waals surface area contributed by atoms with Crippen molar-refractivity contribution in [3.63, 3.8) is 0 Å². The van der Waals surface area contributed by atoms with Gasteiger partial charge in [-0.3, -0.25) is 9.59 Å². The highest BCUT2D eigenvalue weighted by Gasteiger charge is 2.17. The highest BCUT2D eigenvalue weighted by molar-refractivity contribution is 6.34. The van der Waals surface area contributed by atoms with Crippen molar-refractivity contribution in [1.29, 1.82) is 0 Å². The van der Waals surface area contributed by atoms with Crippen LogP contribution in [0.3, 0.4) is 0 Å². The largest absolute Gasteiger partial charge is 0.481 e. The van der Waals surface area contributed by atoms with E-state index in [1.54, 1.807) is 19.1 Å². The Hall–Kier alpha value is -3.31. The number of rotatable bonds is 6. The fraction of sp³-hybridized carbons (Fsp3) is 0.130. The molecule has 6 heteroatoms. The van der Waals surface area contributed by atoms with E-state index in [9.17, 15) is 9.59 Å². The summed E-state index contributed by atoms with van der Waals surface area (Å²) in [4.78, 5) is 24.3. The number of ether oxygens (including phenoxy) is 1. The number of benzene rings is 3. The van der Waals surface area contributed by atoms with Gasteiger partial charge >= 0.3 is 0 Å². The summed E-state index contributed by atoms with van der Waals surface area (Å²) in [7, 11) is 1.52. The second kappa shape index (κ2) is 9.26. The Bertz CT molecular complexity index is 1000. The number of hydrogen-bond acceptors (Lipinski definition) is 3. The maximum absolute atomic E-state index is 12.5. The summed E-state index contributed by atoms with van der Waals surface area (Å²) in [6.07, 6.45) is -0.725. The van der Waals surface area contributed by atoms with Crippen molar-refractivity contribution in [1.82, 2.24) is 5.32 Å². The molecule has 3 rings (SSSR count). The Morgan fingerprint density at radius 2 is 1.59 bits per heavy atom. The highest BCUT2D eigenvalue weighted by atomic mass is 35.5. The van der Waals surface area contributed by atoms with Crippen LogP contribution in [0.5, 0.6) is 5.75 Å². The average Bonchev–Trinajstić information content (AvgIpc) is 2.75. The monoisotopic (exact) mass is 408 g/mol. The van der Waals surface area contributed by atoms with Crippen LogP contribution in [-0.2, 0) is 4.79 Å². The fourth-order valence-corrected chi connectivity index (χ4v) is 2.97. The van der Waals surface area contributed by atoms with E-state index < -0.39 is 6.10 Å². The third kappa shape index (κ3) is 5.15. The minimum absolute atomic E-state index is 0.289. The van der Waals surface area contributed by atoms with Crippen molar-refractivity contribution in [2.45, 2.75) is 13.0 Å². The third-order valence-electron chi connectivity index (χ3n) is 4.35. The van der Waals surface area contributed by atoms with Crippen LogP contribution in [0.15, 0.2) is 72.8 Å². The van der Waals surface area contributed by atoms with Gasteiger partial charge in [-0.05, 0) is 48.4 Å². The number of amides is 2. The molecule has 0 aliphatic carbocycles. The molecule has 1 unspecified atom stereocenters. The summed E-state index contributed by atoms with van der Waals surface area (Å²) in [6.45, 7) is 1.66. The van der Waals surface area contributed by atoms with Crippen molar-refractivity contribution in [2.24, 2.45) is 0 Å². The summed E-state index contributed by atoms with van der Waals surface area (Å²) in [5, 5.41) is 5.57. The van der Waals surface area contributed by atoms with Crippen molar-refractivity contribution >= 4 is 29.1 Å². The first-order valence-corrected chi connectivity index (χ1v) is 9.50. The fourth-order valence-electron chi connectivity index (χ4n) is 2.77. The van der Waals surface area contributed by atoms with E-state index in [0.717, 1.165) is 11.1 Å². The maximum atomic E-state index is 12.5. The maximum Gasteiger partial charge on any atom is 0.265 e. The zero-order valence-electron chi connectivity index (χ0n) is 16.1. The van der Waals surface area contributed by atoms with Gasteiger partial charge in [-0.15, -0.1) is 0 Å². The molecular formula is C23H21ClN2O3. The van der Waals surface area contributed by atoms with Crippen molar-refractivity contribution in [3.05, 3.63) is 83.4 Å². The lowest BCUT2D eigenvalue weighted by molar-refractivity contribution is -0.122. The van der Waals surface area contributed by atoms with Gasteiger partial charge in [0.25, 0.3) is 11.8 Å². The zero-order chi connectivity index (χ0) is 20.8. The number of carbonyl (C=O) groups excluding carboxylic acids is 2. The first kappa shape index (κ1) is 20.4. The van der Waals surface area contributed by atoms with Crippen molar-refractivity contribution in [3.8, 4) is 16.9 Å². The number of nitrogens with one attached hydrogen (secondary N) is 2. The van der Waals surface area contributed by atoms with Gasteiger partial charge in [0.2, 0.25) is 0 Å². The Morgan fingerprint density at radius 1 is 0.931 bits per heavy atom. The molecule has 1 atom stereocenters. The van der Waals surface area contributed by atoms with Gasteiger partial charge in [0, 0.05) is 12.7 Å². The van der Waals surface area contributed by atoms with Crippen molar-refractivity contribution < 1.29 is 14.3 Å². The predicted octanol–water partition coefficient (Wildman–Crippen LogP) is 4.77. The highest BCUT2D eigenvalue weighted by Crippen LogP contribution is 2.23. The molecule has 0 saturated heterocycles. The van der Waals surface area contributed by atoms with Crippen LogP contribution in [0.1, 0.15) is 17.3 Å². The van der Waals surface area contributed by atoms with Crippen LogP contribution in [-0.4, -0.2) is 25.0 Å². The van der Waals surface area contributed by atoms with Gasteiger partial charge in [-0.2, -0.15) is 0 Å². The second-order valence-corrected chi connectivity index (χ2v) is 6.82. The van der Waals surface area contributed by atoms with Gasteiger partial charge in [-0.25, -0.2) is 0 Å². The molecule has 3 aromatic rings. The summed E-state index contributed by atoms with van der Waals surface area (Å²) >= 11 is 6.04. The predicted molar refractivity (Wildman–Crippen MR) is 115 cm³/mol. The molecule has 29 heavy (non-hydrogen) atoms. The lowest BCUT2D eigenvalue weighted by Crippen LogP contribution is -2.30. The van der Waals surface area contributed by atoms with Gasteiger partial charge in [0.05, 0.1) is 10.6 Å². The molecule has 2 amide bonds. The van der Waals surface area contributed by atoms with Gasteiger partial charge < -0.3 is 15.4 Å². The first-order valence-electron chi connectivity index (χ1n) is 9.12. The molecule has 148 valence electrons. The molecule has 2 N–H and O–H groups in total. The Balaban J connectivity index is 1.64. The van der Waals surface area contributed by atoms with Crippen LogP contribution in [0.25, 0.3) is 11.1 Å². The summed E-state index contributed by atoms with van der Waals surface area (Å²) in [5.74, 6) is -0.0642. The summed E-state index contributed by atoms with van der Waals surface area (Å²) in [6, 6.07) is 22.3. The molecule has 0 spiro atoms. The lowest BCUT2D eigenvalue weighted by Gasteiger charge is -2.16. The van der Waals surface area contributed by atoms with Crippen LogP contribution in [0, 0.1) is 0 Å². The lowest BCUT2D eigenvalue weighted by atomic mass is 10.1. The van der Waals surface area contributed by atoms with E-state index in [-0.39, 0.29) is 17.4 Å². The minimum atomic E-state index is -0.725. The SMILES string of the molecule is CNC(=O)c1cc(NC(=O)C(C)Oc2ccc(-c3ccccc3)cc2)ccc1Cl. The molecular weight excluding hydrogens is 388 g/mol. The van der Waals surface area contributed by atoms with E-state index >= 15 is 0 Å². The van der Waals surface area contributed by atoms with E-state index in [2.05, 4.69) is 10.6 Å². The normalized spacial score (nSPS) is 11.4. The summed E-state index contributed by atoms with van der Waals surface area (Å²) < 4.78 is 5.74. The Labute approximate surface area is 174 Å². The topological polar surface area (TPSA) is 67.4 Å². The number of hydrogen-bond donors (Lipinski definition) is 2. The minimum Gasteiger partial charge on any atom is -0.481 e. The van der Waals surface area contributed by atoms with E-state index in [4.69, 9.17) is 16.3 Å². The molecule has 5 nitrogen and oxygen atoms in total. The first-order chi connectivity index (χ1) is 14.0. The molecule has 0 saturated carbocycles. The molecule has 3 aromatic carbocycles. The summed E-state index contributed by atoms with van der Waals surface area (Å²) in [5.41, 5.74) is 2.93. The molecule has 0 heterocycles. The van der Waals surface area contributed by atoms with Crippen LogP contribution < -0.4 is 15.4 Å². The standard InChI is InChI=1S/C23H21ClN2O3/c1-15(22(27)26-18-10-13-21(24)20(14-18)23(28)25-2)29-19-11-8-17(9-12-19)16-6-4-3-5-7-16/h3-15H,1-2H3,(H,25,28)(H,26,27). The Morgan fingerprint density at radius 3 is 2.24 bits per heavy atom. The molecule has 0 aliphatic heterocycles. The van der Waals surface area contributed by atoms with Crippen LogP contribution >= 0.6 is 11.6 Å². The molecule has 0 bridgehead atoms. The molecule has 0 aliphatic rings.